The van der Waals surface area contributed by atoms with Gasteiger partial charge >= 0.3 is 12.2 Å². The van der Waals surface area contributed by atoms with E-state index in [4.69, 9.17) is 11.6 Å². The second-order valence-corrected chi connectivity index (χ2v) is 8.02. The molecule has 3 aromatic carbocycles. The Morgan fingerprint density at radius 3 is 2.03 bits per heavy atom. The number of benzene rings is 3. The molecule has 33 heavy (non-hydrogen) atoms. The van der Waals surface area contributed by atoms with Crippen molar-refractivity contribution in [2.24, 2.45) is 5.92 Å². The fourth-order valence-corrected chi connectivity index (χ4v) is 4.19. The summed E-state index contributed by atoms with van der Waals surface area (Å²) in [5.74, 6) is -3.10. The van der Waals surface area contributed by atoms with Gasteiger partial charge in [-0.15, -0.1) is 0 Å². The first kappa shape index (κ1) is 22.8. The maximum absolute atomic E-state index is 14.7. The molecular formula is C24H18ClF3N2O3. The van der Waals surface area contributed by atoms with E-state index in [1.807, 2.05) is 0 Å². The molecule has 0 saturated carbocycles. The smallest absolute Gasteiger partial charge is 0.362 e. The summed E-state index contributed by atoms with van der Waals surface area (Å²) >= 11 is 5.91. The second kappa shape index (κ2) is 8.53. The van der Waals surface area contributed by atoms with Crippen LogP contribution in [0.1, 0.15) is 22.0 Å². The summed E-state index contributed by atoms with van der Waals surface area (Å²) in [5, 5.41) is 14.2. The van der Waals surface area contributed by atoms with Gasteiger partial charge in [0.15, 0.2) is 5.78 Å². The van der Waals surface area contributed by atoms with E-state index in [0.717, 1.165) is 0 Å². The van der Waals surface area contributed by atoms with Gasteiger partial charge in [-0.25, -0.2) is 4.79 Å². The van der Waals surface area contributed by atoms with E-state index in [-0.39, 0.29) is 21.7 Å². The van der Waals surface area contributed by atoms with Crippen molar-refractivity contribution in [3.63, 3.8) is 0 Å². The minimum atomic E-state index is -5.37. The number of aliphatic hydroxyl groups is 1. The first-order chi connectivity index (χ1) is 15.6. The maximum Gasteiger partial charge on any atom is 0.437 e. The summed E-state index contributed by atoms with van der Waals surface area (Å²) in [6, 6.07) is 17.3. The molecular weight excluding hydrogens is 457 g/mol. The number of Topliss-reactive ketones (excluding diaryl/α,β-unsaturated/α-hetero) is 1. The molecule has 3 unspecified atom stereocenters. The first-order valence-electron chi connectivity index (χ1n) is 9.94. The van der Waals surface area contributed by atoms with Gasteiger partial charge in [0, 0.05) is 16.3 Å². The highest BCUT2D eigenvalue weighted by molar-refractivity contribution is 6.30. The van der Waals surface area contributed by atoms with Crippen LogP contribution in [-0.2, 0) is 0 Å². The zero-order chi connectivity index (χ0) is 23.8. The summed E-state index contributed by atoms with van der Waals surface area (Å²) < 4.78 is 44.0. The predicted molar refractivity (Wildman–Crippen MR) is 117 cm³/mol. The number of halogens is 4. The zero-order valence-electron chi connectivity index (χ0n) is 17.0. The number of hydrogen-bond acceptors (Lipinski definition) is 3. The number of alkyl halides is 3. The lowest BCUT2D eigenvalue weighted by molar-refractivity contribution is -0.275. The van der Waals surface area contributed by atoms with Crippen molar-refractivity contribution in [2.75, 3.05) is 4.90 Å². The molecule has 1 aliphatic rings. The highest BCUT2D eigenvalue weighted by Gasteiger charge is 2.70. The number of carbonyl (C=O) groups excluding carboxylic acids is 2. The number of carbonyl (C=O) groups is 2. The molecule has 0 bridgehead atoms. The third-order valence-corrected chi connectivity index (χ3v) is 5.84. The van der Waals surface area contributed by atoms with Crippen LogP contribution in [0.5, 0.6) is 0 Å². The lowest BCUT2D eigenvalue weighted by Gasteiger charge is -2.51. The van der Waals surface area contributed by atoms with Crippen molar-refractivity contribution in [3.8, 4) is 0 Å². The highest BCUT2D eigenvalue weighted by Crippen LogP contribution is 2.49. The summed E-state index contributed by atoms with van der Waals surface area (Å²) in [7, 11) is 0. The van der Waals surface area contributed by atoms with Gasteiger partial charge in [0.05, 0.1) is 6.04 Å². The molecule has 3 aromatic rings. The van der Waals surface area contributed by atoms with Gasteiger partial charge in [-0.3, -0.25) is 9.69 Å². The van der Waals surface area contributed by atoms with E-state index >= 15 is 0 Å². The van der Waals surface area contributed by atoms with Crippen molar-refractivity contribution in [2.45, 2.75) is 17.9 Å². The van der Waals surface area contributed by atoms with Crippen LogP contribution < -0.4 is 10.2 Å². The molecule has 1 aliphatic heterocycles. The van der Waals surface area contributed by atoms with Crippen LogP contribution in [-0.4, -0.2) is 28.8 Å². The van der Waals surface area contributed by atoms with Crippen LogP contribution >= 0.6 is 11.6 Å². The third-order valence-electron chi connectivity index (χ3n) is 5.59. The molecule has 0 aromatic heterocycles. The largest absolute Gasteiger partial charge is 0.437 e. The Morgan fingerprint density at radius 2 is 1.48 bits per heavy atom. The molecule has 0 aliphatic carbocycles. The minimum absolute atomic E-state index is 0.0340. The minimum Gasteiger partial charge on any atom is -0.362 e. The van der Waals surface area contributed by atoms with Crippen LogP contribution in [0, 0.1) is 5.92 Å². The summed E-state index contributed by atoms with van der Waals surface area (Å²) in [6.07, 6.45) is -5.37. The standard InChI is InChI=1S/C24H18ClF3N2O3/c25-17-13-11-15(12-14-17)20-19(21(31)16-7-3-1-4-8-16)23(33,24(26,27)28)30(22(32)29-20)18-9-5-2-6-10-18/h1-14,19-20,33H,(H,29,32). The summed E-state index contributed by atoms with van der Waals surface area (Å²) in [6.45, 7) is 0. The monoisotopic (exact) mass is 474 g/mol. The average Bonchev–Trinajstić information content (AvgIpc) is 2.79. The lowest BCUT2D eigenvalue weighted by Crippen LogP contribution is -2.74. The van der Waals surface area contributed by atoms with Crippen molar-refractivity contribution < 1.29 is 27.9 Å². The number of rotatable bonds is 4. The molecule has 1 saturated heterocycles. The Hall–Kier alpha value is -3.36. The Morgan fingerprint density at radius 1 is 0.939 bits per heavy atom. The van der Waals surface area contributed by atoms with E-state index in [2.05, 4.69) is 5.32 Å². The fraction of sp³-hybridized carbons (Fsp3) is 0.167. The number of urea groups is 1. The summed E-state index contributed by atoms with van der Waals surface area (Å²) in [4.78, 5) is 26.8. The van der Waals surface area contributed by atoms with Gasteiger partial charge in [-0.05, 0) is 29.8 Å². The normalized spacial score (nSPS) is 23.2. The Labute approximate surface area is 192 Å². The number of nitrogens with one attached hydrogen (secondary N) is 1. The average molecular weight is 475 g/mol. The molecule has 9 heteroatoms. The first-order valence-corrected chi connectivity index (χ1v) is 10.3. The molecule has 0 spiro atoms. The highest BCUT2D eigenvalue weighted by atomic mass is 35.5. The number of para-hydroxylation sites is 1. The second-order valence-electron chi connectivity index (χ2n) is 7.58. The van der Waals surface area contributed by atoms with Crippen molar-refractivity contribution in [3.05, 3.63) is 101 Å². The molecule has 2 N–H and O–H groups in total. The number of nitrogens with zero attached hydrogens (tertiary/aromatic N) is 1. The molecule has 4 rings (SSSR count). The SMILES string of the molecule is O=C(c1ccccc1)C1C(c2ccc(Cl)cc2)NC(=O)N(c2ccccc2)C1(O)C(F)(F)F. The number of ketones is 1. The van der Waals surface area contributed by atoms with Crippen LogP contribution in [0.15, 0.2) is 84.9 Å². The molecule has 5 nitrogen and oxygen atoms in total. The van der Waals surface area contributed by atoms with E-state index in [0.29, 0.717) is 5.02 Å². The molecule has 3 atom stereocenters. The Kier molecular flexibility index (Phi) is 5.90. The van der Waals surface area contributed by atoms with Gasteiger partial charge in [0.25, 0.3) is 5.72 Å². The molecule has 170 valence electrons. The maximum atomic E-state index is 14.7. The van der Waals surface area contributed by atoms with Gasteiger partial charge in [0.2, 0.25) is 0 Å². The van der Waals surface area contributed by atoms with Gasteiger partial charge < -0.3 is 10.4 Å². The Bertz CT molecular complexity index is 1160. The van der Waals surface area contributed by atoms with E-state index < -0.39 is 35.7 Å². The summed E-state index contributed by atoms with van der Waals surface area (Å²) in [5.41, 5.74) is -3.89. The van der Waals surface area contributed by atoms with Crippen LogP contribution in [0.4, 0.5) is 23.7 Å². The van der Waals surface area contributed by atoms with E-state index in [1.165, 1.54) is 72.8 Å². The third kappa shape index (κ3) is 3.96. The van der Waals surface area contributed by atoms with Crippen molar-refractivity contribution >= 4 is 29.1 Å². The van der Waals surface area contributed by atoms with Crippen LogP contribution in [0.25, 0.3) is 0 Å². The van der Waals surface area contributed by atoms with Gasteiger partial charge in [-0.2, -0.15) is 13.2 Å². The topological polar surface area (TPSA) is 69.6 Å². The number of amides is 2. The predicted octanol–water partition coefficient (Wildman–Crippen LogP) is 5.36. The molecule has 2 amide bonds. The van der Waals surface area contributed by atoms with Crippen molar-refractivity contribution in [1.82, 2.24) is 5.32 Å². The zero-order valence-corrected chi connectivity index (χ0v) is 17.7. The van der Waals surface area contributed by atoms with Gasteiger partial charge in [-0.1, -0.05) is 72.3 Å². The van der Waals surface area contributed by atoms with E-state index in [1.54, 1.807) is 12.1 Å². The van der Waals surface area contributed by atoms with Crippen LogP contribution in [0.3, 0.4) is 0 Å². The van der Waals surface area contributed by atoms with Gasteiger partial charge in [0.1, 0.15) is 5.92 Å². The Balaban J connectivity index is 1.96. The lowest BCUT2D eigenvalue weighted by atomic mass is 9.76. The molecule has 1 heterocycles. The van der Waals surface area contributed by atoms with Crippen LogP contribution in [0.2, 0.25) is 5.02 Å². The quantitative estimate of drug-likeness (QED) is 0.500. The molecule has 0 radical (unpaired) electrons. The molecule has 1 fully saturated rings. The fourth-order valence-electron chi connectivity index (χ4n) is 4.06. The van der Waals surface area contributed by atoms with E-state index in [9.17, 15) is 27.9 Å². The van der Waals surface area contributed by atoms with Crippen molar-refractivity contribution in [1.29, 1.82) is 0 Å². The number of anilines is 1. The number of hydrogen-bond donors (Lipinski definition) is 2.